The monoisotopic (exact) mass is 223 g/mol. The maximum atomic E-state index is 13.5. The van der Waals surface area contributed by atoms with Gasteiger partial charge in [0, 0.05) is 11.1 Å². The summed E-state index contributed by atoms with van der Waals surface area (Å²) in [7, 11) is 0. The average molecular weight is 223 g/mol. The molecule has 0 saturated heterocycles. The van der Waals surface area contributed by atoms with Crippen LogP contribution in [0.5, 0.6) is 0 Å². The van der Waals surface area contributed by atoms with Gasteiger partial charge in [0.25, 0.3) is 0 Å². The third-order valence-electron chi connectivity index (χ3n) is 2.13. The summed E-state index contributed by atoms with van der Waals surface area (Å²) in [5.74, 6) is 0.219. The highest BCUT2D eigenvalue weighted by atomic mass is 32.2. The van der Waals surface area contributed by atoms with Gasteiger partial charge in [-0.1, -0.05) is 12.1 Å². The van der Waals surface area contributed by atoms with Crippen LogP contribution in [0.25, 0.3) is 11.1 Å². The van der Waals surface area contributed by atoms with Gasteiger partial charge in [0.1, 0.15) is 11.6 Å². The molecule has 3 nitrogen and oxygen atoms in total. The van der Waals surface area contributed by atoms with Gasteiger partial charge in [0.05, 0.1) is 11.1 Å². The number of nitrogens with two attached hydrogens (primary N) is 1. The SMILES string of the molecule is CSc1c(F)cccc1-c1cn[nH]c1N. The second kappa shape index (κ2) is 3.94. The third-order valence-corrected chi connectivity index (χ3v) is 2.95. The molecule has 15 heavy (non-hydrogen) atoms. The molecule has 0 aliphatic carbocycles. The van der Waals surface area contributed by atoms with E-state index in [1.807, 2.05) is 12.3 Å². The largest absolute Gasteiger partial charge is 0.384 e. The first-order valence-corrected chi connectivity index (χ1v) is 5.58. The number of nitrogens with zero attached hydrogens (tertiary/aromatic N) is 1. The van der Waals surface area contributed by atoms with Crippen LogP contribution in [0, 0.1) is 5.82 Å². The van der Waals surface area contributed by atoms with Crippen LogP contribution < -0.4 is 5.73 Å². The number of anilines is 1. The molecule has 2 rings (SSSR count). The van der Waals surface area contributed by atoms with E-state index in [2.05, 4.69) is 10.2 Å². The van der Waals surface area contributed by atoms with Crippen molar-refractivity contribution in [2.75, 3.05) is 12.0 Å². The molecule has 0 unspecified atom stereocenters. The fourth-order valence-corrected chi connectivity index (χ4v) is 2.10. The van der Waals surface area contributed by atoms with Crippen molar-refractivity contribution < 1.29 is 4.39 Å². The van der Waals surface area contributed by atoms with E-state index in [1.54, 1.807) is 12.3 Å². The van der Waals surface area contributed by atoms with E-state index in [0.29, 0.717) is 10.7 Å². The van der Waals surface area contributed by atoms with E-state index < -0.39 is 0 Å². The van der Waals surface area contributed by atoms with Crippen LogP contribution in [0.3, 0.4) is 0 Å². The highest BCUT2D eigenvalue weighted by Crippen LogP contribution is 2.34. The van der Waals surface area contributed by atoms with Crippen molar-refractivity contribution in [3.8, 4) is 11.1 Å². The van der Waals surface area contributed by atoms with Gasteiger partial charge < -0.3 is 5.73 Å². The van der Waals surface area contributed by atoms with E-state index in [4.69, 9.17) is 5.73 Å². The Morgan fingerprint density at radius 3 is 2.80 bits per heavy atom. The van der Waals surface area contributed by atoms with Gasteiger partial charge in [-0.25, -0.2) is 4.39 Å². The second-order valence-corrected chi connectivity index (χ2v) is 3.83. The molecule has 1 aromatic heterocycles. The Morgan fingerprint density at radius 1 is 1.40 bits per heavy atom. The van der Waals surface area contributed by atoms with Crippen molar-refractivity contribution in [1.82, 2.24) is 10.2 Å². The van der Waals surface area contributed by atoms with Gasteiger partial charge in [-0.15, -0.1) is 11.8 Å². The van der Waals surface area contributed by atoms with E-state index in [0.717, 1.165) is 11.1 Å². The number of nitrogen functional groups attached to an aromatic ring is 1. The number of hydrogen-bond donors (Lipinski definition) is 2. The average Bonchev–Trinajstić information content (AvgIpc) is 2.64. The summed E-state index contributed by atoms with van der Waals surface area (Å²) >= 11 is 1.36. The van der Waals surface area contributed by atoms with Gasteiger partial charge in [-0.2, -0.15) is 5.10 Å². The number of hydrogen-bond acceptors (Lipinski definition) is 3. The van der Waals surface area contributed by atoms with E-state index in [-0.39, 0.29) is 5.82 Å². The fraction of sp³-hybridized carbons (Fsp3) is 0.100. The fourth-order valence-electron chi connectivity index (χ4n) is 1.44. The molecule has 0 radical (unpaired) electrons. The molecule has 0 bridgehead atoms. The molecule has 0 fully saturated rings. The molecule has 0 aliphatic heterocycles. The number of benzene rings is 1. The molecule has 3 N–H and O–H groups in total. The zero-order valence-corrected chi connectivity index (χ0v) is 8.94. The Bertz CT molecular complexity index is 481. The van der Waals surface area contributed by atoms with Crippen LogP contribution in [-0.2, 0) is 0 Å². The van der Waals surface area contributed by atoms with Crippen molar-refractivity contribution in [2.45, 2.75) is 4.90 Å². The molecular weight excluding hydrogens is 213 g/mol. The number of aromatic nitrogens is 2. The van der Waals surface area contributed by atoms with Gasteiger partial charge in [0.2, 0.25) is 0 Å². The first-order chi connectivity index (χ1) is 7.24. The summed E-state index contributed by atoms with van der Waals surface area (Å²) in [6.07, 6.45) is 3.43. The molecule has 2 aromatic rings. The molecule has 0 spiro atoms. The maximum absolute atomic E-state index is 13.5. The lowest BCUT2D eigenvalue weighted by Crippen LogP contribution is -1.90. The van der Waals surface area contributed by atoms with Crippen LogP contribution in [0.2, 0.25) is 0 Å². The molecule has 0 saturated carbocycles. The number of nitrogens with one attached hydrogen (secondary N) is 1. The Hall–Kier alpha value is -1.49. The van der Waals surface area contributed by atoms with Crippen molar-refractivity contribution in [3.63, 3.8) is 0 Å². The summed E-state index contributed by atoms with van der Waals surface area (Å²) in [5, 5.41) is 6.46. The molecule has 0 amide bonds. The number of halogens is 1. The number of thioether (sulfide) groups is 1. The molecule has 1 heterocycles. The lowest BCUT2D eigenvalue weighted by molar-refractivity contribution is 0.603. The minimum absolute atomic E-state index is 0.236. The van der Waals surface area contributed by atoms with Crippen LogP contribution in [0.1, 0.15) is 0 Å². The van der Waals surface area contributed by atoms with Gasteiger partial charge in [-0.05, 0) is 12.3 Å². The minimum atomic E-state index is -0.236. The van der Waals surface area contributed by atoms with Gasteiger partial charge in [-0.3, -0.25) is 5.10 Å². The highest BCUT2D eigenvalue weighted by molar-refractivity contribution is 7.98. The normalized spacial score (nSPS) is 10.5. The lowest BCUT2D eigenvalue weighted by Gasteiger charge is -2.06. The Balaban J connectivity index is 2.63. The van der Waals surface area contributed by atoms with Crippen LogP contribution >= 0.6 is 11.8 Å². The molecular formula is C10H10FN3S. The van der Waals surface area contributed by atoms with Crippen molar-refractivity contribution >= 4 is 17.6 Å². The number of rotatable bonds is 2. The quantitative estimate of drug-likeness (QED) is 0.769. The summed E-state index contributed by atoms with van der Waals surface area (Å²) in [6.45, 7) is 0. The van der Waals surface area contributed by atoms with Gasteiger partial charge in [0.15, 0.2) is 0 Å². The van der Waals surface area contributed by atoms with Crippen molar-refractivity contribution in [1.29, 1.82) is 0 Å². The van der Waals surface area contributed by atoms with Crippen LogP contribution in [0.15, 0.2) is 29.3 Å². The highest BCUT2D eigenvalue weighted by Gasteiger charge is 2.12. The number of aromatic amines is 1. The maximum Gasteiger partial charge on any atom is 0.137 e. The van der Waals surface area contributed by atoms with E-state index in [9.17, 15) is 4.39 Å². The van der Waals surface area contributed by atoms with Gasteiger partial charge >= 0.3 is 0 Å². The topological polar surface area (TPSA) is 54.7 Å². The van der Waals surface area contributed by atoms with Crippen LogP contribution in [-0.4, -0.2) is 16.5 Å². The van der Waals surface area contributed by atoms with Crippen LogP contribution in [0.4, 0.5) is 10.2 Å². The Labute approximate surface area is 90.9 Å². The first kappa shape index (κ1) is 10.0. The molecule has 5 heteroatoms. The molecule has 78 valence electrons. The third kappa shape index (κ3) is 1.70. The molecule has 1 aromatic carbocycles. The molecule has 0 atom stereocenters. The predicted octanol–water partition coefficient (Wildman–Crippen LogP) is 2.52. The summed E-state index contributed by atoms with van der Waals surface area (Å²) in [4.78, 5) is 0.589. The second-order valence-electron chi connectivity index (χ2n) is 3.02. The number of H-pyrrole nitrogens is 1. The molecule has 0 aliphatic rings. The predicted molar refractivity (Wildman–Crippen MR) is 60.2 cm³/mol. The van der Waals surface area contributed by atoms with Crippen molar-refractivity contribution in [3.05, 3.63) is 30.2 Å². The first-order valence-electron chi connectivity index (χ1n) is 4.35. The zero-order valence-electron chi connectivity index (χ0n) is 8.12. The van der Waals surface area contributed by atoms with E-state index in [1.165, 1.54) is 17.8 Å². The Kier molecular flexibility index (Phi) is 2.64. The Morgan fingerprint density at radius 2 is 2.20 bits per heavy atom. The van der Waals surface area contributed by atoms with E-state index >= 15 is 0 Å². The zero-order chi connectivity index (χ0) is 10.8. The standard InChI is InChI=1S/C10H10FN3S/c1-15-9-6(3-2-4-8(9)11)7-5-13-14-10(7)12/h2-5H,1H3,(H3,12,13,14). The summed E-state index contributed by atoms with van der Waals surface area (Å²) in [6, 6.07) is 4.93. The summed E-state index contributed by atoms with van der Waals surface area (Å²) < 4.78 is 13.5. The van der Waals surface area contributed by atoms with Crippen molar-refractivity contribution in [2.24, 2.45) is 0 Å². The minimum Gasteiger partial charge on any atom is -0.384 e. The lowest BCUT2D eigenvalue weighted by atomic mass is 10.1. The smallest absolute Gasteiger partial charge is 0.137 e. The summed E-state index contributed by atoms with van der Waals surface area (Å²) in [5.41, 5.74) is 7.20.